The molecule has 0 aromatic heterocycles. The van der Waals surface area contributed by atoms with E-state index in [-0.39, 0.29) is 18.4 Å². The lowest BCUT2D eigenvalue weighted by atomic mass is 10.2. The van der Waals surface area contributed by atoms with Crippen LogP contribution in [0.3, 0.4) is 0 Å². The summed E-state index contributed by atoms with van der Waals surface area (Å²) < 4.78 is 6.50. The summed E-state index contributed by atoms with van der Waals surface area (Å²) >= 11 is 3.42. The Morgan fingerprint density at radius 1 is 1.15 bits per heavy atom. The van der Waals surface area contributed by atoms with Gasteiger partial charge in [-0.3, -0.25) is 9.59 Å². The first kappa shape index (κ1) is 20.0. The van der Waals surface area contributed by atoms with E-state index in [2.05, 4.69) is 33.5 Å². The summed E-state index contributed by atoms with van der Waals surface area (Å²) in [5, 5.41) is 5.60. The molecule has 0 saturated carbocycles. The summed E-state index contributed by atoms with van der Waals surface area (Å²) in [6.07, 6.45) is 1.96. The molecule has 2 amide bonds. The Morgan fingerprint density at radius 2 is 1.96 bits per heavy atom. The summed E-state index contributed by atoms with van der Waals surface area (Å²) in [4.78, 5) is 24.2. The number of rotatable bonds is 8. The normalized spacial score (nSPS) is 10.3. The molecule has 2 rings (SSSR count). The number of nitrogens with one attached hydrogen (secondary N) is 2. The zero-order valence-electron chi connectivity index (χ0n) is 15.0. The molecule has 0 aliphatic heterocycles. The molecule has 0 fully saturated rings. The van der Waals surface area contributed by atoms with Gasteiger partial charge in [-0.2, -0.15) is 0 Å². The molecule has 0 atom stereocenters. The Bertz CT molecular complexity index is 777. The molecule has 2 N–H and O–H groups in total. The van der Waals surface area contributed by atoms with Gasteiger partial charge in [-0.25, -0.2) is 0 Å². The molecule has 2 aromatic rings. The molecule has 6 heteroatoms. The third kappa shape index (κ3) is 6.19. The van der Waals surface area contributed by atoms with Crippen LogP contribution in [-0.4, -0.2) is 25.0 Å². The number of aryl methyl sites for hydroxylation is 1. The van der Waals surface area contributed by atoms with Crippen LogP contribution in [0.15, 0.2) is 46.9 Å². The van der Waals surface area contributed by atoms with E-state index in [1.54, 1.807) is 30.3 Å². The Labute approximate surface area is 162 Å². The fourth-order valence-corrected chi connectivity index (χ4v) is 2.52. The van der Waals surface area contributed by atoms with Crippen LogP contribution in [0.5, 0.6) is 5.75 Å². The first-order chi connectivity index (χ1) is 12.5. The molecule has 0 aliphatic carbocycles. The third-order valence-corrected chi connectivity index (χ3v) is 4.61. The second-order valence-electron chi connectivity index (χ2n) is 5.94. The number of benzene rings is 2. The van der Waals surface area contributed by atoms with Gasteiger partial charge in [0.15, 0.2) is 6.61 Å². The summed E-state index contributed by atoms with van der Waals surface area (Å²) in [6, 6.07) is 12.4. The lowest BCUT2D eigenvalue weighted by molar-refractivity contribution is -0.118. The van der Waals surface area contributed by atoms with Crippen LogP contribution >= 0.6 is 15.9 Å². The summed E-state index contributed by atoms with van der Waals surface area (Å²) in [5.74, 6) is 0.204. The molecule has 0 heterocycles. The number of carbonyl (C=O) groups excluding carboxylic acids is 2. The quantitative estimate of drug-likeness (QED) is 0.627. The van der Waals surface area contributed by atoms with Crippen molar-refractivity contribution < 1.29 is 14.3 Å². The third-order valence-electron chi connectivity index (χ3n) is 3.72. The summed E-state index contributed by atoms with van der Waals surface area (Å²) in [6.45, 7) is 4.56. The standard InChI is InChI=1S/C20H23BrN2O3/c1-3-4-10-22-20(25)15-6-5-7-16(12-15)23-19(24)13-26-17-8-9-18(21)14(2)11-17/h5-9,11-12H,3-4,10,13H2,1-2H3,(H,22,25)(H,23,24). The van der Waals surface area contributed by atoms with Gasteiger partial charge in [0.05, 0.1) is 0 Å². The van der Waals surface area contributed by atoms with Gasteiger partial charge in [-0.1, -0.05) is 35.3 Å². The maximum absolute atomic E-state index is 12.1. The molecular formula is C20H23BrN2O3. The Balaban J connectivity index is 1.89. The van der Waals surface area contributed by atoms with E-state index in [0.717, 1.165) is 22.9 Å². The maximum atomic E-state index is 12.1. The first-order valence-electron chi connectivity index (χ1n) is 8.56. The summed E-state index contributed by atoms with van der Waals surface area (Å²) in [7, 11) is 0. The monoisotopic (exact) mass is 418 g/mol. The van der Waals surface area contributed by atoms with Crippen LogP contribution in [0.4, 0.5) is 5.69 Å². The van der Waals surface area contributed by atoms with Crippen molar-refractivity contribution in [3.63, 3.8) is 0 Å². The average molecular weight is 419 g/mol. The number of hydrogen-bond acceptors (Lipinski definition) is 3. The van der Waals surface area contributed by atoms with E-state index in [0.29, 0.717) is 23.5 Å². The van der Waals surface area contributed by atoms with Gasteiger partial charge in [-0.05, 0) is 55.3 Å². The van der Waals surface area contributed by atoms with Crippen LogP contribution in [0.1, 0.15) is 35.7 Å². The molecule has 2 aromatic carbocycles. The highest BCUT2D eigenvalue weighted by molar-refractivity contribution is 9.10. The van der Waals surface area contributed by atoms with Crippen molar-refractivity contribution in [2.45, 2.75) is 26.7 Å². The van der Waals surface area contributed by atoms with Gasteiger partial charge in [0, 0.05) is 22.3 Å². The number of hydrogen-bond donors (Lipinski definition) is 2. The van der Waals surface area contributed by atoms with E-state index in [1.165, 1.54) is 0 Å². The number of carbonyl (C=O) groups is 2. The van der Waals surface area contributed by atoms with Crippen molar-refractivity contribution in [1.82, 2.24) is 5.32 Å². The minimum atomic E-state index is -0.283. The van der Waals surface area contributed by atoms with Crippen LogP contribution in [0, 0.1) is 6.92 Å². The second kappa shape index (κ2) is 9.97. The van der Waals surface area contributed by atoms with Crippen LogP contribution in [0.25, 0.3) is 0 Å². The minimum absolute atomic E-state index is 0.103. The molecule has 0 saturated heterocycles. The molecule has 0 unspecified atom stereocenters. The fourth-order valence-electron chi connectivity index (χ4n) is 2.27. The average Bonchev–Trinajstić information content (AvgIpc) is 2.63. The molecule has 0 aliphatic rings. The largest absolute Gasteiger partial charge is 0.484 e. The number of halogens is 1. The summed E-state index contributed by atoms with van der Waals surface area (Å²) in [5.41, 5.74) is 2.11. The molecule has 0 spiro atoms. The van der Waals surface area contributed by atoms with Gasteiger partial charge in [0.2, 0.25) is 0 Å². The molecule has 5 nitrogen and oxygen atoms in total. The highest BCUT2D eigenvalue weighted by Crippen LogP contribution is 2.21. The maximum Gasteiger partial charge on any atom is 0.262 e. The van der Waals surface area contributed by atoms with Gasteiger partial charge >= 0.3 is 0 Å². The fraction of sp³-hybridized carbons (Fsp3) is 0.300. The number of amides is 2. The van der Waals surface area contributed by atoms with Crippen molar-refractivity contribution in [3.05, 3.63) is 58.1 Å². The van der Waals surface area contributed by atoms with Crippen molar-refractivity contribution in [2.24, 2.45) is 0 Å². The van der Waals surface area contributed by atoms with Crippen molar-refractivity contribution in [2.75, 3.05) is 18.5 Å². The van der Waals surface area contributed by atoms with Gasteiger partial charge in [-0.15, -0.1) is 0 Å². The lowest BCUT2D eigenvalue weighted by Gasteiger charge is -2.10. The van der Waals surface area contributed by atoms with E-state index in [1.807, 2.05) is 19.1 Å². The first-order valence-corrected chi connectivity index (χ1v) is 9.36. The van der Waals surface area contributed by atoms with Crippen molar-refractivity contribution in [3.8, 4) is 5.75 Å². The second-order valence-corrected chi connectivity index (χ2v) is 6.79. The molecule has 138 valence electrons. The Morgan fingerprint density at radius 3 is 2.69 bits per heavy atom. The van der Waals surface area contributed by atoms with E-state index >= 15 is 0 Å². The molecule has 0 radical (unpaired) electrons. The predicted octanol–water partition coefficient (Wildman–Crippen LogP) is 4.30. The topological polar surface area (TPSA) is 67.4 Å². The number of anilines is 1. The van der Waals surface area contributed by atoms with Crippen LogP contribution in [-0.2, 0) is 4.79 Å². The minimum Gasteiger partial charge on any atom is -0.484 e. The highest BCUT2D eigenvalue weighted by Gasteiger charge is 2.08. The van der Waals surface area contributed by atoms with Gasteiger partial charge < -0.3 is 15.4 Å². The smallest absolute Gasteiger partial charge is 0.262 e. The van der Waals surface area contributed by atoms with Crippen molar-refractivity contribution >= 4 is 33.4 Å². The predicted molar refractivity (Wildman–Crippen MR) is 107 cm³/mol. The lowest BCUT2D eigenvalue weighted by Crippen LogP contribution is -2.25. The number of ether oxygens (including phenoxy) is 1. The molecule has 26 heavy (non-hydrogen) atoms. The highest BCUT2D eigenvalue weighted by atomic mass is 79.9. The SMILES string of the molecule is CCCCNC(=O)c1cccc(NC(=O)COc2ccc(Br)c(C)c2)c1. The van der Waals surface area contributed by atoms with Crippen molar-refractivity contribution in [1.29, 1.82) is 0 Å². The Hall–Kier alpha value is -2.34. The van der Waals surface area contributed by atoms with Crippen LogP contribution < -0.4 is 15.4 Å². The molecule has 0 bridgehead atoms. The Kier molecular flexibility index (Phi) is 7.66. The zero-order chi connectivity index (χ0) is 18.9. The van der Waals surface area contributed by atoms with Gasteiger partial charge in [0.25, 0.3) is 11.8 Å². The molecular weight excluding hydrogens is 396 g/mol. The van der Waals surface area contributed by atoms with E-state index in [9.17, 15) is 9.59 Å². The number of unbranched alkanes of at least 4 members (excludes halogenated alkanes) is 1. The van der Waals surface area contributed by atoms with E-state index in [4.69, 9.17) is 4.74 Å². The van der Waals surface area contributed by atoms with E-state index < -0.39 is 0 Å². The van der Waals surface area contributed by atoms with Crippen LogP contribution in [0.2, 0.25) is 0 Å². The van der Waals surface area contributed by atoms with Gasteiger partial charge in [0.1, 0.15) is 5.75 Å². The zero-order valence-corrected chi connectivity index (χ0v) is 16.6.